The molecule has 2 heteroatoms. The first-order valence-corrected chi connectivity index (χ1v) is 6.13. The topological polar surface area (TPSA) is 39.2 Å². The van der Waals surface area contributed by atoms with Crippen LogP contribution in [0.4, 0.5) is 0 Å². The molecule has 90 valence electrons. The molecule has 0 aliphatic carbocycles. The van der Waals surface area contributed by atoms with Crippen molar-refractivity contribution in [1.29, 1.82) is 0 Å². The molecule has 1 aromatic heterocycles. The number of hydrogen-bond acceptors (Lipinski definition) is 2. The van der Waals surface area contributed by atoms with E-state index >= 15 is 0 Å². The van der Waals surface area contributed by atoms with Crippen LogP contribution in [-0.4, -0.2) is 0 Å². The summed E-state index contributed by atoms with van der Waals surface area (Å²) < 4.78 is 5.34. The van der Waals surface area contributed by atoms with Gasteiger partial charge in [-0.1, -0.05) is 38.1 Å². The fraction of sp³-hybridized carbons (Fsp3) is 0.333. The summed E-state index contributed by atoms with van der Waals surface area (Å²) in [5.41, 5.74) is 9.29. The molecule has 17 heavy (non-hydrogen) atoms. The van der Waals surface area contributed by atoms with E-state index in [4.69, 9.17) is 10.2 Å². The predicted octanol–water partition coefficient (Wildman–Crippen LogP) is 3.92. The number of benzene rings is 1. The Morgan fingerprint density at radius 2 is 1.88 bits per heavy atom. The third-order valence-corrected chi connectivity index (χ3v) is 3.33. The largest absolute Gasteiger partial charge is 0.467 e. The molecule has 1 heterocycles. The van der Waals surface area contributed by atoms with E-state index < -0.39 is 0 Å². The Morgan fingerprint density at radius 1 is 1.18 bits per heavy atom. The lowest BCUT2D eigenvalue weighted by Gasteiger charge is -2.09. The summed E-state index contributed by atoms with van der Waals surface area (Å²) in [6.07, 6.45) is 2.86. The molecule has 1 aromatic carbocycles. The standard InChI is InChI=1S/C15H19NO/c1-3-11(2)12-4-6-13(7-5-12)14-8-9-17-15(14)10-16/h4-9,11H,3,10,16H2,1-2H3. The molecule has 2 nitrogen and oxygen atoms in total. The van der Waals surface area contributed by atoms with Gasteiger partial charge in [-0.3, -0.25) is 0 Å². The summed E-state index contributed by atoms with van der Waals surface area (Å²) in [6, 6.07) is 10.6. The maximum absolute atomic E-state index is 5.64. The second-order valence-electron chi connectivity index (χ2n) is 4.39. The molecule has 2 N–H and O–H groups in total. The molecular weight excluding hydrogens is 210 g/mol. The molecule has 0 amide bonds. The van der Waals surface area contributed by atoms with Gasteiger partial charge in [0.2, 0.25) is 0 Å². The molecule has 0 saturated heterocycles. The number of hydrogen-bond donors (Lipinski definition) is 1. The summed E-state index contributed by atoms with van der Waals surface area (Å²) in [6.45, 7) is 4.90. The van der Waals surface area contributed by atoms with Crippen molar-refractivity contribution in [1.82, 2.24) is 0 Å². The minimum atomic E-state index is 0.440. The van der Waals surface area contributed by atoms with Crippen LogP contribution in [0.5, 0.6) is 0 Å². The van der Waals surface area contributed by atoms with Crippen molar-refractivity contribution in [3.8, 4) is 11.1 Å². The zero-order valence-corrected chi connectivity index (χ0v) is 10.4. The van der Waals surface area contributed by atoms with Crippen LogP contribution in [0.3, 0.4) is 0 Å². The van der Waals surface area contributed by atoms with Crippen LogP contribution in [0.2, 0.25) is 0 Å². The van der Waals surface area contributed by atoms with Crippen molar-refractivity contribution < 1.29 is 4.42 Å². The summed E-state index contributed by atoms with van der Waals surface area (Å²) in [5, 5.41) is 0. The van der Waals surface area contributed by atoms with E-state index in [1.54, 1.807) is 6.26 Å². The fourth-order valence-corrected chi connectivity index (χ4v) is 1.98. The zero-order valence-electron chi connectivity index (χ0n) is 10.4. The van der Waals surface area contributed by atoms with Gasteiger partial charge >= 0.3 is 0 Å². The Morgan fingerprint density at radius 3 is 2.47 bits per heavy atom. The molecule has 0 saturated carbocycles. The zero-order chi connectivity index (χ0) is 12.3. The minimum Gasteiger partial charge on any atom is -0.467 e. The van der Waals surface area contributed by atoms with Gasteiger partial charge in [-0.25, -0.2) is 0 Å². The Kier molecular flexibility index (Phi) is 3.64. The number of furan rings is 1. The first kappa shape index (κ1) is 11.9. The molecule has 0 fully saturated rings. The highest BCUT2D eigenvalue weighted by Gasteiger charge is 2.08. The van der Waals surface area contributed by atoms with Crippen LogP contribution in [0.15, 0.2) is 41.0 Å². The van der Waals surface area contributed by atoms with E-state index in [1.807, 2.05) is 6.07 Å². The Balaban J connectivity index is 2.29. The maximum Gasteiger partial charge on any atom is 0.125 e. The highest BCUT2D eigenvalue weighted by Crippen LogP contribution is 2.27. The van der Waals surface area contributed by atoms with Crippen molar-refractivity contribution in [3.63, 3.8) is 0 Å². The van der Waals surface area contributed by atoms with E-state index in [9.17, 15) is 0 Å². The van der Waals surface area contributed by atoms with Crippen molar-refractivity contribution in [2.45, 2.75) is 32.7 Å². The van der Waals surface area contributed by atoms with Crippen LogP contribution in [0, 0.1) is 0 Å². The molecule has 0 spiro atoms. The second-order valence-corrected chi connectivity index (χ2v) is 4.39. The average molecular weight is 229 g/mol. The monoisotopic (exact) mass is 229 g/mol. The molecule has 0 aliphatic heterocycles. The Bertz CT molecular complexity index is 470. The highest BCUT2D eigenvalue weighted by atomic mass is 16.3. The molecular formula is C15H19NO. The van der Waals surface area contributed by atoms with Gasteiger partial charge in [-0.05, 0) is 29.5 Å². The van der Waals surface area contributed by atoms with Gasteiger partial charge in [0.25, 0.3) is 0 Å². The van der Waals surface area contributed by atoms with Crippen molar-refractivity contribution in [2.75, 3.05) is 0 Å². The first-order valence-electron chi connectivity index (χ1n) is 6.13. The smallest absolute Gasteiger partial charge is 0.125 e. The van der Waals surface area contributed by atoms with E-state index in [2.05, 4.69) is 38.1 Å². The second kappa shape index (κ2) is 5.19. The fourth-order valence-electron chi connectivity index (χ4n) is 1.98. The molecule has 0 aliphatic rings. The molecule has 2 aromatic rings. The minimum absolute atomic E-state index is 0.440. The normalized spacial score (nSPS) is 12.6. The van der Waals surface area contributed by atoms with Crippen LogP contribution in [0.25, 0.3) is 11.1 Å². The van der Waals surface area contributed by atoms with Gasteiger partial charge in [-0.15, -0.1) is 0 Å². The van der Waals surface area contributed by atoms with E-state index in [0.29, 0.717) is 12.5 Å². The van der Waals surface area contributed by atoms with Gasteiger partial charge < -0.3 is 10.2 Å². The quantitative estimate of drug-likeness (QED) is 0.863. The van der Waals surface area contributed by atoms with E-state index in [0.717, 1.165) is 11.3 Å². The van der Waals surface area contributed by atoms with E-state index in [1.165, 1.54) is 17.5 Å². The SMILES string of the molecule is CCC(C)c1ccc(-c2ccoc2CN)cc1. The molecule has 2 rings (SSSR count). The van der Waals surface area contributed by atoms with Gasteiger partial charge in [0.1, 0.15) is 5.76 Å². The first-order chi connectivity index (χ1) is 8.26. The van der Waals surface area contributed by atoms with Crippen LogP contribution >= 0.6 is 0 Å². The van der Waals surface area contributed by atoms with Crippen molar-refractivity contribution in [3.05, 3.63) is 47.9 Å². The third-order valence-electron chi connectivity index (χ3n) is 3.33. The van der Waals surface area contributed by atoms with Crippen LogP contribution < -0.4 is 5.73 Å². The van der Waals surface area contributed by atoms with Crippen LogP contribution in [-0.2, 0) is 6.54 Å². The summed E-state index contributed by atoms with van der Waals surface area (Å²) in [7, 11) is 0. The van der Waals surface area contributed by atoms with E-state index in [-0.39, 0.29) is 0 Å². The predicted molar refractivity (Wildman–Crippen MR) is 70.7 cm³/mol. The van der Waals surface area contributed by atoms with Crippen molar-refractivity contribution in [2.24, 2.45) is 5.73 Å². The number of nitrogens with two attached hydrogens (primary N) is 1. The summed E-state index contributed by atoms with van der Waals surface area (Å²) in [5.74, 6) is 1.46. The maximum atomic E-state index is 5.64. The lowest BCUT2D eigenvalue weighted by Crippen LogP contribution is -1.96. The van der Waals surface area contributed by atoms with Gasteiger partial charge in [0, 0.05) is 5.56 Å². The molecule has 1 atom stereocenters. The van der Waals surface area contributed by atoms with Gasteiger partial charge in [-0.2, -0.15) is 0 Å². The van der Waals surface area contributed by atoms with Crippen molar-refractivity contribution >= 4 is 0 Å². The molecule has 0 radical (unpaired) electrons. The summed E-state index contributed by atoms with van der Waals surface area (Å²) >= 11 is 0. The average Bonchev–Trinajstić information content (AvgIpc) is 2.86. The Hall–Kier alpha value is -1.54. The summed E-state index contributed by atoms with van der Waals surface area (Å²) in [4.78, 5) is 0. The number of rotatable bonds is 4. The van der Waals surface area contributed by atoms with Gasteiger partial charge in [0.15, 0.2) is 0 Å². The third kappa shape index (κ3) is 2.42. The lowest BCUT2D eigenvalue weighted by molar-refractivity contribution is 0.513. The highest BCUT2D eigenvalue weighted by molar-refractivity contribution is 5.65. The van der Waals surface area contributed by atoms with Crippen LogP contribution in [0.1, 0.15) is 37.5 Å². The lowest BCUT2D eigenvalue weighted by atomic mass is 9.96. The Labute approximate surface area is 102 Å². The van der Waals surface area contributed by atoms with Gasteiger partial charge in [0.05, 0.1) is 12.8 Å². The molecule has 0 bridgehead atoms. The molecule has 1 unspecified atom stereocenters.